The Hall–Kier alpha value is -3.49. The molecule has 0 atom stereocenters. The van der Waals surface area contributed by atoms with Crippen LogP contribution in [0.25, 0.3) is 16.8 Å². The van der Waals surface area contributed by atoms with E-state index in [-0.39, 0.29) is 11.4 Å². The number of rotatable bonds is 8. The van der Waals surface area contributed by atoms with Crippen LogP contribution in [-0.4, -0.2) is 41.7 Å². The Kier molecular flexibility index (Phi) is 7.63. The van der Waals surface area contributed by atoms with E-state index in [1.807, 2.05) is 50.2 Å². The van der Waals surface area contributed by atoms with Gasteiger partial charge in [-0.1, -0.05) is 48.0 Å². The monoisotopic (exact) mass is 510 g/mol. The van der Waals surface area contributed by atoms with Crippen molar-refractivity contribution in [2.75, 3.05) is 25.1 Å². The number of ether oxygens (including phenoxy) is 2. The van der Waals surface area contributed by atoms with Gasteiger partial charge in [0.1, 0.15) is 6.54 Å². The van der Waals surface area contributed by atoms with E-state index in [0.717, 1.165) is 27.4 Å². The second-order valence-corrected chi connectivity index (χ2v) is 8.94. The Labute approximate surface area is 212 Å². The number of hydrogen-bond acceptors (Lipinski definition) is 6. The van der Waals surface area contributed by atoms with Crippen LogP contribution in [-0.2, 0) is 9.59 Å². The predicted octanol–water partition coefficient (Wildman–Crippen LogP) is 5.97. The van der Waals surface area contributed by atoms with E-state index < -0.39 is 17.1 Å². The van der Waals surface area contributed by atoms with Crippen LogP contribution < -0.4 is 14.8 Å². The highest BCUT2D eigenvalue weighted by Gasteiger charge is 2.36. The van der Waals surface area contributed by atoms with E-state index in [1.54, 1.807) is 24.3 Å². The number of nitrogens with one attached hydrogen (secondary N) is 1. The van der Waals surface area contributed by atoms with Gasteiger partial charge in [-0.2, -0.15) is 0 Å². The smallest absolute Gasteiger partial charge is 0.294 e. The third-order valence-corrected chi connectivity index (χ3v) is 6.35. The minimum Gasteiger partial charge on any atom is -0.490 e. The molecule has 0 aromatic heterocycles. The quantitative estimate of drug-likeness (QED) is 0.376. The molecule has 1 N–H and O–H groups in total. The minimum absolute atomic E-state index is 0.190. The van der Waals surface area contributed by atoms with E-state index >= 15 is 0 Å². The lowest BCUT2D eigenvalue weighted by Crippen LogP contribution is -2.36. The van der Waals surface area contributed by atoms with Crippen LogP contribution in [0.1, 0.15) is 19.4 Å². The van der Waals surface area contributed by atoms with Gasteiger partial charge in [0.2, 0.25) is 5.91 Å². The first-order chi connectivity index (χ1) is 16.9. The van der Waals surface area contributed by atoms with Gasteiger partial charge in [0.25, 0.3) is 11.1 Å². The highest BCUT2D eigenvalue weighted by atomic mass is 35.5. The van der Waals surface area contributed by atoms with Crippen molar-refractivity contribution in [1.82, 2.24) is 4.90 Å². The normalized spacial score (nSPS) is 14.6. The molecule has 0 spiro atoms. The molecule has 1 saturated heterocycles. The van der Waals surface area contributed by atoms with Crippen molar-refractivity contribution in [2.24, 2.45) is 0 Å². The first-order valence-electron chi connectivity index (χ1n) is 11.0. The standard InChI is InChI=1S/C26H23ClN2O5S/c1-3-33-21-13-16(12-19(27)24(21)34-4-2)14-22-25(31)29(26(32)35-22)15-23(30)28-20-11-7-9-17-8-5-6-10-18(17)20/h5-14H,3-4,15H2,1-2H3,(H,28,30)/b22-14+. The summed E-state index contributed by atoms with van der Waals surface area (Å²) in [6.07, 6.45) is 1.55. The van der Waals surface area contributed by atoms with Crippen LogP contribution in [0.2, 0.25) is 5.02 Å². The molecule has 0 bridgehead atoms. The van der Waals surface area contributed by atoms with Crippen LogP contribution in [0.15, 0.2) is 59.5 Å². The minimum atomic E-state index is -0.545. The summed E-state index contributed by atoms with van der Waals surface area (Å²) in [7, 11) is 0. The maximum absolute atomic E-state index is 12.9. The van der Waals surface area contributed by atoms with Gasteiger partial charge >= 0.3 is 0 Å². The van der Waals surface area contributed by atoms with E-state index in [0.29, 0.717) is 41.0 Å². The van der Waals surface area contributed by atoms with Gasteiger partial charge < -0.3 is 14.8 Å². The van der Waals surface area contributed by atoms with Gasteiger partial charge in [0, 0.05) is 11.1 Å². The third kappa shape index (κ3) is 5.44. The maximum Gasteiger partial charge on any atom is 0.294 e. The summed E-state index contributed by atoms with van der Waals surface area (Å²) in [5.74, 6) is -0.142. The fraction of sp³-hybridized carbons (Fsp3) is 0.192. The molecule has 180 valence electrons. The molecular weight excluding hydrogens is 488 g/mol. The summed E-state index contributed by atoms with van der Waals surface area (Å²) in [6, 6.07) is 16.5. The van der Waals surface area contributed by atoms with Crippen molar-refractivity contribution < 1.29 is 23.9 Å². The van der Waals surface area contributed by atoms with Gasteiger partial charge in [-0.05, 0) is 60.8 Å². The molecule has 9 heteroatoms. The molecule has 1 heterocycles. The molecule has 0 unspecified atom stereocenters. The van der Waals surface area contributed by atoms with Gasteiger partial charge in [-0.3, -0.25) is 19.3 Å². The van der Waals surface area contributed by atoms with Crippen molar-refractivity contribution in [3.63, 3.8) is 0 Å². The molecule has 0 saturated carbocycles. The van der Waals surface area contributed by atoms with Gasteiger partial charge in [0.15, 0.2) is 11.5 Å². The van der Waals surface area contributed by atoms with E-state index in [4.69, 9.17) is 21.1 Å². The Morgan fingerprint density at radius 1 is 1.06 bits per heavy atom. The van der Waals surface area contributed by atoms with Crippen LogP contribution >= 0.6 is 23.4 Å². The number of carbonyl (C=O) groups excluding carboxylic acids is 3. The van der Waals surface area contributed by atoms with Crippen LogP contribution in [0, 0.1) is 0 Å². The number of halogens is 1. The van der Waals surface area contributed by atoms with E-state index in [9.17, 15) is 14.4 Å². The molecule has 3 aromatic rings. The summed E-state index contributed by atoms with van der Waals surface area (Å²) < 4.78 is 11.2. The number of anilines is 1. The molecule has 3 aromatic carbocycles. The van der Waals surface area contributed by atoms with Crippen molar-refractivity contribution in [2.45, 2.75) is 13.8 Å². The van der Waals surface area contributed by atoms with Gasteiger partial charge in [-0.25, -0.2) is 0 Å². The lowest BCUT2D eigenvalue weighted by Gasteiger charge is -2.14. The first-order valence-corrected chi connectivity index (χ1v) is 12.2. The molecule has 4 rings (SSSR count). The molecule has 7 nitrogen and oxygen atoms in total. The number of hydrogen-bond donors (Lipinski definition) is 1. The topological polar surface area (TPSA) is 84.9 Å². The summed E-state index contributed by atoms with van der Waals surface area (Å²) in [6.45, 7) is 4.11. The van der Waals surface area contributed by atoms with E-state index in [1.165, 1.54) is 0 Å². The number of benzene rings is 3. The molecule has 3 amide bonds. The molecule has 1 aliphatic heterocycles. The lowest BCUT2D eigenvalue weighted by atomic mass is 10.1. The molecule has 0 radical (unpaired) electrons. The molecule has 1 fully saturated rings. The molecular formula is C26H23ClN2O5S. The zero-order chi connectivity index (χ0) is 24.9. The summed E-state index contributed by atoms with van der Waals surface area (Å²) in [5.41, 5.74) is 1.19. The number of carbonyl (C=O) groups is 3. The second-order valence-electron chi connectivity index (χ2n) is 7.54. The van der Waals surface area contributed by atoms with Crippen molar-refractivity contribution in [3.8, 4) is 11.5 Å². The van der Waals surface area contributed by atoms with E-state index in [2.05, 4.69) is 5.32 Å². The number of nitrogens with zero attached hydrogens (tertiary/aromatic N) is 1. The largest absolute Gasteiger partial charge is 0.490 e. The number of fused-ring (bicyclic) bond motifs is 1. The molecule has 1 aliphatic rings. The highest BCUT2D eigenvalue weighted by Crippen LogP contribution is 2.39. The fourth-order valence-electron chi connectivity index (χ4n) is 3.67. The Morgan fingerprint density at radius 3 is 2.57 bits per heavy atom. The fourth-order valence-corrected chi connectivity index (χ4v) is 4.79. The number of thioether (sulfide) groups is 1. The predicted molar refractivity (Wildman–Crippen MR) is 139 cm³/mol. The summed E-state index contributed by atoms with van der Waals surface area (Å²) in [5, 5.41) is 4.46. The molecule has 0 aliphatic carbocycles. The number of amides is 3. The average Bonchev–Trinajstić information content (AvgIpc) is 3.09. The zero-order valence-corrected chi connectivity index (χ0v) is 20.7. The average molecular weight is 511 g/mol. The third-order valence-electron chi connectivity index (χ3n) is 5.16. The van der Waals surface area contributed by atoms with Gasteiger partial charge in [0.05, 0.1) is 23.1 Å². The summed E-state index contributed by atoms with van der Waals surface area (Å²) in [4.78, 5) is 39.3. The Morgan fingerprint density at radius 2 is 1.80 bits per heavy atom. The van der Waals surface area contributed by atoms with Crippen molar-refractivity contribution in [1.29, 1.82) is 0 Å². The Bertz CT molecular complexity index is 1340. The van der Waals surface area contributed by atoms with Gasteiger partial charge in [-0.15, -0.1) is 0 Å². The highest BCUT2D eigenvalue weighted by molar-refractivity contribution is 8.18. The van der Waals surface area contributed by atoms with Crippen LogP contribution in [0.4, 0.5) is 10.5 Å². The number of imide groups is 1. The van der Waals surface area contributed by atoms with Crippen molar-refractivity contribution in [3.05, 3.63) is 70.1 Å². The molecule has 35 heavy (non-hydrogen) atoms. The first kappa shape index (κ1) is 24.6. The van der Waals surface area contributed by atoms with Crippen molar-refractivity contribution >= 4 is 63.0 Å². The second kappa shape index (κ2) is 10.8. The lowest BCUT2D eigenvalue weighted by molar-refractivity contribution is -0.127. The SMILES string of the molecule is CCOc1cc(/C=C2/SC(=O)N(CC(=O)Nc3cccc4ccccc34)C2=O)cc(Cl)c1OCC. The van der Waals surface area contributed by atoms with Crippen LogP contribution in [0.3, 0.4) is 0 Å². The van der Waals surface area contributed by atoms with Crippen LogP contribution in [0.5, 0.6) is 11.5 Å². The Balaban J connectivity index is 1.51. The zero-order valence-electron chi connectivity index (χ0n) is 19.2. The summed E-state index contributed by atoms with van der Waals surface area (Å²) >= 11 is 7.13. The maximum atomic E-state index is 12.9.